The summed E-state index contributed by atoms with van der Waals surface area (Å²) in [6.07, 6.45) is 0. The van der Waals surface area contributed by atoms with Gasteiger partial charge < -0.3 is 4.74 Å². The van der Waals surface area contributed by atoms with Crippen LogP contribution in [0.4, 0.5) is 0 Å². The standard InChI is InChI=1S/C44H36ClNO/c1-47-39-28-22-32(23-29-39)30-46-31-40(41(33-14-6-2-7-15-33)34-16-8-3-9-17-34)43(44(46)37-24-26-38(45)27-25-37)42(35-18-10-4-11-19-35)36-20-12-5-13-21-36/h2-29,44H,30-31H2,1H3. The number of benzene rings is 6. The van der Waals surface area contributed by atoms with Crippen molar-refractivity contribution in [3.8, 4) is 5.75 Å². The molecule has 1 aliphatic heterocycles. The molecule has 3 heteroatoms. The molecule has 6 aromatic rings. The summed E-state index contributed by atoms with van der Waals surface area (Å²) in [4.78, 5) is 2.60. The first-order valence-electron chi connectivity index (χ1n) is 16.0. The molecule has 6 aromatic carbocycles. The minimum atomic E-state index is -0.0396. The van der Waals surface area contributed by atoms with Gasteiger partial charge in [0.05, 0.1) is 13.2 Å². The maximum atomic E-state index is 6.50. The Labute approximate surface area is 282 Å². The van der Waals surface area contributed by atoms with Crippen LogP contribution in [0.25, 0.3) is 11.1 Å². The molecule has 0 amide bonds. The van der Waals surface area contributed by atoms with Crippen LogP contribution in [-0.2, 0) is 6.54 Å². The molecular weight excluding hydrogens is 594 g/mol. The van der Waals surface area contributed by atoms with Crippen molar-refractivity contribution in [3.05, 3.63) is 219 Å². The van der Waals surface area contributed by atoms with E-state index in [1.54, 1.807) is 7.11 Å². The van der Waals surface area contributed by atoms with Gasteiger partial charge in [-0.1, -0.05) is 157 Å². The SMILES string of the molecule is COc1ccc(CN2CC(=C(c3ccccc3)c3ccccc3)C(=C(c3ccccc3)c3ccccc3)C2c2ccc(Cl)cc2)cc1. The predicted octanol–water partition coefficient (Wildman–Crippen LogP) is 10.9. The first kappa shape index (κ1) is 30.5. The molecule has 0 aromatic heterocycles. The smallest absolute Gasteiger partial charge is 0.118 e. The molecular formula is C44H36ClNO. The lowest BCUT2D eigenvalue weighted by Crippen LogP contribution is -2.23. The highest BCUT2D eigenvalue weighted by molar-refractivity contribution is 6.30. The van der Waals surface area contributed by atoms with Crippen LogP contribution in [0.3, 0.4) is 0 Å². The fourth-order valence-corrected chi connectivity index (χ4v) is 6.90. The van der Waals surface area contributed by atoms with Gasteiger partial charge in [0.25, 0.3) is 0 Å². The minimum absolute atomic E-state index is 0.0396. The average molecular weight is 630 g/mol. The van der Waals surface area contributed by atoms with Gasteiger partial charge in [0, 0.05) is 18.1 Å². The molecule has 47 heavy (non-hydrogen) atoms. The van der Waals surface area contributed by atoms with Crippen molar-refractivity contribution in [1.82, 2.24) is 4.90 Å². The van der Waals surface area contributed by atoms with Gasteiger partial charge in [0.2, 0.25) is 0 Å². The molecule has 1 saturated heterocycles. The average Bonchev–Trinajstić information content (AvgIpc) is 3.48. The molecule has 0 saturated carbocycles. The first-order valence-corrected chi connectivity index (χ1v) is 16.4. The highest BCUT2D eigenvalue weighted by Crippen LogP contribution is 2.50. The van der Waals surface area contributed by atoms with Crippen LogP contribution in [-0.4, -0.2) is 18.6 Å². The molecule has 2 nitrogen and oxygen atoms in total. The normalized spacial score (nSPS) is 14.6. The second-order valence-electron chi connectivity index (χ2n) is 11.8. The third-order valence-corrected chi connectivity index (χ3v) is 9.13. The van der Waals surface area contributed by atoms with Crippen molar-refractivity contribution in [2.45, 2.75) is 12.6 Å². The monoisotopic (exact) mass is 629 g/mol. The molecule has 1 fully saturated rings. The fourth-order valence-electron chi connectivity index (χ4n) is 6.78. The maximum Gasteiger partial charge on any atom is 0.118 e. The van der Waals surface area contributed by atoms with Crippen molar-refractivity contribution >= 4 is 22.7 Å². The summed E-state index contributed by atoms with van der Waals surface area (Å²) in [5.74, 6) is 0.858. The molecule has 0 bridgehead atoms. The number of hydrogen-bond donors (Lipinski definition) is 0. The highest BCUT2D eigenvalue weighted by Gasteiger charge is 2.39. The third-order valence-electron chi connectivity index (χ3n) is 8.88. The summed E-state index contributed by atoms with van der Waals surface area (Å²) in [6, 6.07) is 60.2. The minimum Gasteiger partial charge on any atom is -0.497 e. The van der Waals surface area contributed by atoms with Gasteiger partial charge in [-0.25, -0.2) is 0 Å². The number of ether oxygens (including phenoxy) is 1. The Morgan fingerprint density at radius 1 is 0.574 bits per heavy atom. The van der Waals surface area contributed by atoms with Crippen LogP contribution in [0, 0.1) is 0 Å². The third kappa shape index (κ3) is 6.57. The number of likely N-dealkylation sites (tertiary alicyclic amines) is 1. The second kappa shape index (κ2) is 14.1. The second-order valence-corrected chi connectivity index (χ2v) is 12.2. The Morgan fingerprint density at radius 2 is 1.02 bits per heavy atom. The zero-order valence-electron chi connectivity index (χ0n) is 26.4. The van der Waals surface area contributed by atoms with Crippen LogP contribution in [0.1, 0.15) is 39.4 Å². The molecule has 0 aliphatic carbocycles. The first-order chi connectivity index (χ1) is 23.2. The Balaban J connectivity index is 1.58. The Morgan fingerprint density at radius 3 is 1.47 bits per heavy atom. The summed E-state index contributed by atoms with van der Waals surface area (Å²) >= 11 is 6.50. The van der Waals surface area contributed by atoms with Gasteiger partial charge >= 0.3 is 0 Å². The number of nitrogens with zero attached hydrogens (tertiary/aromatic N) is 1. The van der Waals surface area contributed by atoms with Gasteiger partial charge in [-0.05, 0) is 79.9 Å². The Kier molecular flexibility index (Phi) is 9.14. The van der Waals surface area contributed by atoms with Crippen LogP contribution < -0.4 is 4.74 Å². The van der Waals surface area contributed by atoms with E-state index in [4.69, 9.17) is 16.3 Å². The van der Waals surface area contributed by atoms with Crippen molar-refractivity contribution in [1.29, 1.82) is 0 Å². The Hall–Kier alpha value is -5.15. The topological polar surface area (TPSA) is 12.5 Å². The largest absolute Gasteiger partial charge is 0.497 e. The highest BCUT2D eigenvalue weighted by atomic mass is 35.5. The molecule has 1 atom stereocenters. The van der Waals surface area contributed by atoms with Crippen LogP contribution in [0.2, 0.25) is 5.02 Å². The molecule has 1 unspecified atom stereocenters. The van der Waals surface area contributed by atoms with Gasteiger partial charge in [-0.2, -0.15) is 0 Å². The summed E-state index contributed by atoms with van der Waals surface area (Å²) in [5, 5.41) is 0.732. The lowest BCUT2D eigenvalue weighted by Gasteiger charge is -2.27. The maximum absolute atomic E-state index is 6.50. The fraction of sp³-hybridized carbons (Fsp3) is 0.0909. The summed E-state index contributed by atoms with van der Waals surface area (Å²) < 4.78 is 5.49. The summed E-state index contributed by atoms with van der Waals surface area (Å²) in [6.45, 7) is 1.52. The van der Waals surface area contributed by atoms with Crippen molar-refractivity contribution in [2.75, 3.05) is 13.7 Å². The van der Waals surface area contributed by atoms with E-state index in [2.05, 4.69) is 163 Å². The zero-order chi connectivity index (χ0) is 32.0. The molecule has 0 N–H and O–H groups in total. The number of rotatable bonds is 8. The molecule has 230 valence electrons. The number of methoxy groups -OCH3 is 1. The zero-order valence-corrected chi connectivity index (χ0v) is 27.1. The molecule has 7 rings (SSSR count). The molecule has 1 aliphatic rings. The van der Waals surface area contributed by atoms with E-state index in [0.29, 0.717) is 0 Å². The van der Waals surface area contributed by atoms with Crippen molar-refractivity contribution < 1.29 is 4.74 Å². The van der Waals surface area contributed by atoms with E-state index in [1.807, 2.05) is 12.1 Å². The van der Waals surface area contributed by atoms with E-state index in [-0.39, 0.29) is 6.04 Å². The van der Waals surface area contributed by atoms with Crippen molar-refractivity contribution in [3.63, 3.8) is 0 Å². The van der Waals surface area contributed by atoms with Gasteiger partial charge in [0.15, 0.2) is 0 Å². The summed E-state index contributed by atoms with van der Waals surface area (Å²) in [5.41, 5.74) is 12.3. The molecule has 0 radical (unpaired) electrons. The number of halogens is 1. The molecule has 1 heterocycles. The van der Waals surface area contributed by atoms with Gasteiger partial charge in [0.1, 0.15) is 5.75 Å². The number of hydrogen-bond acceptors (Lipinski definition) is 2. The summed E-state index contributed by atoms with van der Waals surface area (Å²) in [7, 11) is 1.71. The van der Waals surface area contributed by atoms with Crippen LogP contribution in [0.15, 0.2) is 181 Å². The quantitative estimate of drug-likeness (QED) is 0.166. The van der Waals surface area contributed by atoms with Gasteiger partial charge in [-0.15, -0.1) is 0 Å². The van der Waals surface area contributed by atoms with E-state index in [0.717, 1.165) is 23.9 Å². The van der Waals surface area contributed by atoms with Crippen molar-refractivity contribution in [2.24, 2.45) is 0 Å². The Bertz CT molecular complexity index is 1900. The van der Waals surface area contributed by atoms with Gasteiger partial charge in [-0.3, -0.25) is 4.90 Å². The van der Waals surface area contributed by atoms with Crippen LogP contribution >= 0.6 is 11.6 Å². The van der Waals surface area contributed by atoms with E-state index in [9.17, 15) is 0 Å². The van der Waals surface area contributed by atoms with Crippen LogP contribution in [0.5, 0.6) is 5.75 Å². The predicted molar refractivity (Wildman–Crippen MR) is 195 cm³/mol. The van der Waals surface area contributed by atoms with E-state index >= 15 is 0 Å². The lowest BCUT2D eigenvalue weighted by atomic mass is 9.82. The van der Waals surface area contributed by atoms with E-state index < -0.39 is 0 Å². The lowest BCUT2D eigenvalue weighted by molar-refractivity contribution is 0.268. The molecule has 0 spiro atoms. The van der Waals surface area contributed by atoms with E-state index in [1.165, 1.54) is 55.7 Å².